The standard InChI is InChI=1S/C14H19F3N2O2/c1-2-7-19(12-5-3-11(8-18)4-6-12)13(20)9-21-10-14(15,16)17/h3-6H,2,7-10,18H2,1H3. The van der Waals surface area contributed by atoms with Crippen molar-refractivity contribution in [2.24, 2.45) is 5.73 Å². The number of anilines is 1. The van der Waals surface area contributed by atoms with Crippen LogP contribution in [-0.4, -0.2) is 31.8 Å². The summed E-state index contributed by atoms with van der Waals surface area (Å²) in [5.74, 6) is -0.499. The molecule has 0 saturated heterocycles. The Morgan fingerprint density at radius 3 is 2.38 bits per heavy atom. The number of hydrogen-bond donors (Lipinski definition) is 1. The molecule has 0 heterocycles. The predicted molar refractivity (Wildman–Crippen MR) is 73.9 cm³/mol. The van der Waals surface area contributed by atoms with Crippen molar-refractivity contribution in [1.82, 2.24) is 0 Å². The summed E-state index contributed by atoms with van der Waals surface area (Å²) < 4.78 is 40.4. The van der Waals surface area contributed by atoms with Crippen LogP contribution < -0.4 is 10.6 Å². The third kappa shape index (κ3) is 6.14. The van der Waals surface area contributed by atoms with E-state index < -0.39 is 25.3 Å². The predicted octanol–water partition coefficient (Wildman–Crippen LogP) is 2.47. The Kier molecular flexibility index (Phi) is 6.64. The molecule has 21 heavy (non-hydrogen) atoms. The smallest absolute Gasteiger partial charge is 0.362 e. The number of nitrogens with two attached hydrogens (primary N) is 1. The van der Waals surface area contributed by atoms with Crippen LogP contribution in [0.25, 0.3) is 0 Å². The second kappa shape index (κ2) is 7.99. The number of ether oxygens (including phenoxy) is 1. The first-order valence-electron chi connectivity index (χ1n) is 6.61. The van der Waals surface area contributed by atoms with Crippen LogP contribution in [0, 0.1) is 0 Å². The van der Waals surface area contributed by atoms with E-state index in [1.165, 1.54) is 4.90 Å². The zero-order valence-electron chi connectivity index (χ0n) is 11.8. The Hall–Kier alpha value is -1.60. The number of hydrogen-bond acceptors (Lipinski definition) is 3. The molecule has 1 rings (SSSR count). The van der Waals surface area contributed by atoms with Crippen molar-refractivity contribution in [2.45, 2.75) is 26.1 Å². The number of rotatable bonds is 7. The summed E-state index contributed by atoms with van der Waals surface area (Å²) >= 11 is 0. The van der Waals surface area contributed by atoms with Crippen molar-refractivity contribution in [1.29, 1.82) is 0 Å². The van der Waals surface area contributed by atoms with Crippen molar-refractivity contribution in [3.05, 3.63) is 29.8 Å². The molecule has 0 fully saturated rings. The topological polar surface area (TPSA) is 55.6 Å². The molecular formula is C14H19F3N2O2. The van der Waals surface area contributed by atoms with E-state index in [0.29, 0.717) is 25.2 Å². The van der Waals surface area contributed by atoms with Crippen LogP contribution in [0.5, 0.6) is 0 Å². The minimum Gasteiger partial charge on any atom is -0.362 e. The lowest BCUT2D eigenvalue weighted by Gasteiger charge is -2.22. The Labute approximate surface area is 121 Å². The molecule has 2 N–H and O–H groups in total. The molecule has 118 valence electrons. The van der Waals surface area contributed by atoms with Gasteiger partial charge in [0.2, 0.25) is 0 Å². The van der Waals surface area contributed by atoms with Crippen molar-refractivity contribution in [3.63, 3.8) is 0 Å². The third-order valence-electron chi connectivity index (χ3n) is 2.72. The number of carbonyl (C=O) groups excluding carboxylic acids is 1. The minimum absolute atomic E-state index is 0.386. The number of halogens is 3. The zero-order valence-corrected chi connectivity index (χ0v) is 11.8. The van der Waals surface area contributed by atoms with Crippen molar-refractivity contribution < 1.29 is 22.7 Å². The zero-order chi connectivity index (χ0) is 15.9. The number of alkyl halides is 3. The molecule has 0 spiro atoms. The van der Waals surface area contributed by atoms with E-state index in [0.717, 1.165) is 5.56 Å². The second-order valence-corrected chi connectivity index (χ2v) is 4.52. The van der Waals surface area contributed by atoms with E-state index in [2.05, 4.69) is 4.74 Å². The van der Waals surface area contributed by atoms with Gasteiger partial charge in [-0.2, -0.15) is 13.2 Å². The molecule has 1 aromatic carbocycles. The van der Waals surface area contributed by atoms with Crippen LogP contribution >= 0.6 is 0 Å². The van der Waals surface area contributed by atoms with Gasteiger partial charge in [0.1, 0.15) is 13.2 Å². The summed E-state index contributed by atoms with van der Waals surface area (Å²) in [5, 5.41) is 0. The normalized spacial score (nSPS) is 11.5. The van der Waals surface area contributed by atoms with Crippen LogP contribution in [0.1, 0.15) is 18.9 Å². The number of benzene rings is 1. The van der Waals surface area contributed by atoms with Crippen LogP contribution in [0.3, 0.4) is 0 Å². The largest absolute Gasteiger partial charge is 0.411 e. The molecule has 7 heteroatoms. The van der Waals surface area contributed by atoms with Gasteiger partial charge in [0.25, 0.3) is 5.91 Å². The first-order valence-corrected chi connectivity index (χ1v) is 6.61. The van der Waals surface area contributed by atoms with Crippen LogP contribution in [-0.2, 0) is 16.1 Å². The Morgan fingerprint density at radius 2 is 1.90 bits per heavy atom. The maximum absolute atomic E-state index is 12.0. The summed E-state index contributed by atoms with van der Waals surface area (Å²) in [6, 6.07) is 7.00. The first kappa shape index (κ1) is 17.5. The van der Waals surface area contributed by atoms with Gasteiger partial charge in [-0.05, 0) is 24.1 Å². The molecule has 1 aromatic rings. The van der Waals surface area contributed by atoms with Crippen molar-refractivity contribution in [2.75, 3.05) is 24.7 Å². The summed E-state index contributed by atoms with van der Waals surface area (Å²) in [7, 11) is 0. The maximum Gasteiger partial charge on any atom is 0.411 e. The molecule has 0 bridgehead atoms. The summed E-state index contributed by atoms with van der Waals surface area (Å²) in [5.41, 5.74) is 7.03. The molecule has 4 nitrogen and oxygen atoms in total. The van der Waals surface area contributed by atoms with Gasteiger partial charge in [0.05, 0.1) is 0 Å². The first-order chi connectivity index (χ1) is 9.87. The average Bonchev–Trinajstić information content (AvgIpc) is 2.43. The van der Waals surface area contributed by atoms with Gasteiger partial charge in [-0.3, -0.25) is 4.79 Å². The van der Waals surface area contributed by atoms with E-state index in [9.17, 15) is 18.0 Å². The fourth-order valence-corrected chi connectivity index (χ4v) is 1.77. The highest BCUT2D eigenvalue weighted by molar-refractivity contribution is 5.94. The van der Waals surface area contributed by atoms with Gasteiger partial charge in [-0.15, -0.1) is 0 Å². The molecule has 0 aliphatic heterocycles. The Morgan fingerprint density at radius 1 is 1.29 bits per heavy atom. The second-order valence-electron chi connectivity index (χ2n) is 4.52. The molecule has 1 amide bonds. The molecule has 0 aliphatic rings. The molecular weight excluding hydrogens is 285 g/mol. The van der Waals surface area contributed by atoms with Gasteiger partial charge < -0.3 is 15.4 Å². The van der Waals surface area contributed by atoms with Crippen LogP contribution in [0.2, 0.25) is 0 Å². The SMILES string of the molecule is CCCN(C(=O)COCC(F)(F)F)c1ccc(CN)cc1. The average molecular weight is 304 g/mol. The van der Waals surface area contributed by atoms with E-state index >= 15 is 0 Å². The lowest BCUT2D eigenvalue weighted by atomic mass is 10.2. The lowest BCUT2D eigenvalue weighted by molar-refractivity contribution is -0.175. The molecule has 0 radical (unpaired) electrons. The third-order valence-corrected chi connectivity index (χ3v) is 2.72. The highest BCUT2D eigenvalue weighted by atomic mass is 19.4. The highest BCUT2D eigenvalue weighted by Crippen LogP contribution is 2.17. The fourth-order valence-electron chi connectivity index (χ4n) is 1.77. The number of carbonyl (C=O) groups is 1. The summed E-state index contributed by atoms with van der Waals surface area (Å²) in [6.45, 7) is 0.654. The molecule has 0 unspecified atom stereocenters. The highest BCUT2D eigenvalue weighted by Gasteiger charge is 2.28. The quantitative estimate of drug-likeness (QED) is 0.842. The van der Waals surface area contributed by atoms with Crippen molar-refractivity contribution >= 4 is 11.6 Å². The number of amides is 1. The summed E-state index contributed by atoms with van der Waals surface area (Å²) in [4.78, 5) is 13.4. The van der Waals surface area contributed by atoms with Gasteiger partial charge >= 0.3 is 6.18 Å². The fraction of sp³-hybridized carbons (Fsp3) is 0.500. The summed E-state index contributed by atoms with van der Waals surface area (Å²) in [6.07, 6.45) is -3.75. The molecule has 0 saturated carbocycles. The van der Waals surface area contributed by atoms with E-state index in [-0.39, 0.29) is 0 Å². The monoisotopic (exact) mass is 304 g/mol. The molecule has 0 atom stereocenters. The minimum atomic E-state index is -4.43. The van der Waals surface area contributed by atoms with Gasteiger partial charge in [0, 0.05) is 18.8 Å². The van der Waals surface area contributed by atoms with Crippen LogP contribution in [0.15, 0.2) is 24.3 Å². The molecule has 0 aromatic heterocycles. The van der Waals surface area contributed by atoms with Gasteiger partial charge in [-0.1, -0.05) is 19.1 Å². The van der Waals surface area contributed by atoms with E-state index in [4.69, 9.17) is 5.73 Å². The van der Waals surface area contributed by atoms with Gasteiger partial charge in [-0.25, -0.2) is 0 Å². The Balaban J connectivity index is 2.68. The maximum atomic E-state index is 12.0. The van der Waals surface area contributed by atoms with E-state index in [1.807, 2.05) is 6.92 Å². The lowest BCUT2D eigenvalue weighted by Crippen LogP contribution is -2.35. The van der Waals surface area contributed by atoms with E-state index in [1.54, 1.807) is 24.3 Å². The number of nitrogens with zero attached hydrogens (tertiary/aromatic N) is 1. The molecule has 0 aliphatic carbocycles. The van der Waals surface area contributed by atoms with Gasteiger partial charge in [0.15, 0.2) is 0 Å². The van der Waals surface area contributed by atoms with Crippen LogP contribution in [0.4, 0.5) is 18.9 Å². The van der Waals surface area contributed by atoms with Crippen molar-refractivity contribution in [3.8, 4) is 0 Å². The Bertz CT molecular complexity index is 447.